The molecule has 0 atom stereocenters. The second kappa shape index (κ2) is 6.14. The smallest absolute Gasteiger partial charge is 0.133 e. The minimum atomic E-state index is 0.666. The molecular weight excluding hydrogens is 316 g/mol. The number of thiophene rings is 1. The molecule has 1 aliphatic rings. The lowest BCUT2D eigenvalue weighted by molar-refractivity contribution is 0.780. The number of fused-ring (bicyclic) bond motifs is 1. The van der Waals surface area contributed by atoms with E-state index >= 15 is 0 Å². The zero-order valence-corrected chi connectivity index (χ0v) is 14.4. The number of anilines is 1. The van der Waals surface area contributed by atoms with Crippen molar-refractivity contribution in [3.63, 3.8) is 0 Å². The van der Waals surface area contributed by atoms with E-state index in [-0.39, 0.29) is 0 Å². The average molecular weight is 334 g/mol. The van der Waals surface area contributed by atoms with Crippen LogP contribution in [0.15, 0.2) is 35.7 Å². The molecule has 3 heterocycles. The highest BCUT2D eigenvalue weighted by Crippen LogP contribution is 2.36. The molecule has 5 heteroatoms. The van der Waals surface area contributed by atoms with Gasteiger partial charge in [-0.15, -0.1) is 11.3 Å². The van der Waals surface area contributed by atoms with Crippen LogP contribution in [0.2, 0.25) is 0 Å². The van der Waals surface area contributed by atoms with Crippen molar-refractivity contribution in [1.29, 1.82) is 5.26 Å². The van der Waals surface area contributed by atoms with Crippen LogP contribution in [0.5, 0.6) is 0 Å². The Labute approximate surface area is 145 Å². The summed E-state index contributed by atoms with van der Waals surface area (Å²) in [7, 11) is 0. The van der Waals surface area contributed by atoms with Crippen LogP contribution in [-0.2, 0) is 6.42 Å². The molecule has 0 saturated carbocycles. The van der Waals surface area contributed by atoms with Crippen LogP contribution >= 0.6 is 11.3 Å². The highest BCUT2D eigenvalue weighted by Gasteiger charge is 2.22. The summed E-state index contributed by atoms with van der Waals surface area (Å²) in [5.74, 6) is 1.10. The molecule has 0 amide bonds. The predicted octanol–water partition coefficient (Wildman–Crippen LogP) is 4.53. The second-order valence-electron chi connectivity index (χ2n) is 6.12. The van der Waals surface area contributed by atoms with Gasteiger partial charge in [0.2, 0.25) is 0 Å². The van der Waals surface area contributed by atoms with E-state index in [1.807, 2.05) is 28.9 Å². The molecule has 0 saturated heterocycles. The highest BCUT2D eigenvalue weighted by molar-refractivity contribution is 7.13. The van der Waals surface area contributed by atoms with E-state index in [4.69, 9.17) is 10.4 Å². The van der Waals surface area contributed by atoms with Gasteiger partial charge in [-0.1, -0.05) is 0 Å². The molecule has 4 rings (SSSR count). The number of aromatic nitrogens is 2. The molecule has 4 nitrogen and oxygen atoms in total. The van der Waals surface area contributed by atoms with Crippen LogP contribution in [0.1, 0.15) is 29.5 Å². The van der Waals surface area contributed by atoms with Crippen LogP contribution in [0.3, 0.4) is 0 Å². The molecule has 0 radical (unpaired) electrons. The van der Waals surface area contributed by atoms with Gasteiger partial charge in [0.05, 0.1) is 22.2 Å². The van der Waals surface area contributed by atoms with E-state index in [0.717, 1.165) is 30.2 Å². The van der Waals surface area contributed by atoms with Crippen molar-refractivity contribution in [3.8, 4) is 22.3 Å². The summed E-state index contributed by atoms with van der Waals surface area (Å²) in [6.07, 6.45) is 3.40. The van der Waals surface area contributed by atoms with Crippen LogP contribution in [0.25, 0.3) is 16.3 Å². The minimum Gasteiger partial charge on any atom is -0.370 e. The van der Waals surface area contributed by atoms with Crippen LogP contribution in [0, 0.1) is 18.3 Å². The number of hydrogen-bond acceptors (Lipinski definition) is 4. The maximum atomic E-state index is 9.00. The molecule has 3 aromatic rings. The van der Waals surface area contributed by atoms with Crippen molar-refractivity contribution in [1.82, 2.24) is 9.78 Å². The molecule has 0 fully saturated rings. The number of rotatable bonds is 2. The molecule has 2 aromatic heterocycles. The summed E-state index contributed by atoms with van der Waals surface area (Å²) < 4.78 is 1.99. The van der Waals surface area contributed by atoms with Gasteiger partial charge in [-0.3, -0.25) is 0 Å². The van der Waals surface area contributed by atoms with Crippen LogP contribution in [-0.4, -0.2) is 16.3 Å². The third-order valence-corrected chi connectivity index (χ3v) is 5.39. The minimum absolute atomic E-state index is 0.666. The number of hydrogen-bond donors (Lipinski definition) is 1. The zero-order valence-electron chi connectivity index (χ0n) is 13.5. The zero-order chi connectivity index (χ0) is 16.5. The Morgan fingerprint density at radius 3 is 2.79 bits per heavy atom. The fourth-order valence-electron chi connectivity index (χ4n) is 3.12. The molecule has 0 spiro atoms. The van der Waals surface area contributed by atoms with Gasteiger partial charge in [0, 0.05) is 12.1 Å². The quantitative estimate of drug-likeness (QED) is 0.749. The number of aryl methyl sites for hydroxylation is 1. The molecular formula is C19H18N4S. The van der Waals surface area contributed by atoms with Gasteiger partial charge in [0.1, 0.15) is 11.5 Å². The van der Waals surface area contributed by atoms with Crippen molar-refractivity contribution in [2.24, 2.45) is 0 Å². The monoisotopic (exact) mass is 334 g/mol. The summed E-state index contributed by atoms with van der Waals surface area (Å²) in [5, 5.41) is 19.7. The fourth-order valence-corrected chi connectivity index (χ4v) is 4.03. The molecule has 0 aliphatic carbocycles. The van der Waals surface area contributed by atoms with Crippen molar-refractivity contribution in [3.05, 3.63) is 52.4 Å². The third kappa shape index (κ3) is 2.59. The third-order valence-electron chi connectivity index (χ3n) is 4.33. The van der Waals surface area contributed by atoms with Crippen molar-refractivity contribution in [2.75, 3.05) is 11.9 Å². The molecule has 0 unspecified atom stereocenters. The summed E-state index contributed by atoms with van der Waals surface area (Å²) in [5.41, 5.74) is 5.32. The van der Waals surface area contributed by atoms with Crippen LogP contribution in [0.4, 0.5) is 5.82 Å². The summed E-state index contributed by atoms with van der Waals surface area (Å²) in [6.45, 7) is 3.09. The number of benzene rings is 1. The summed E-state index contributed by atoms with van der Waals surface area (Å²) >= 11 is 1.75. The van der Waals surface area contributed by atoms with E-state index in [1.165, 1.54) is 28.8 Å². The molecule has 1 N–H and O–H groups in total. The number of nitrogens with one attached hydrogen (secondary N) is 1. The molecule has 1 aromatic carbocycles. The average Bonchev–Trinajstić information content (AvgIpc) is 3.10. The largest absolute Gasteiger partial charge is 0.370 e. The first-order valence-electron chi connectivity index (χ1n) is 8.18. The van der Waals surface area contributed by atoms with E-state index in [9.17, 15) is 0 Å². The number of nitrogens with zero attached hydrogens (tertiary/aromatic N) is 3. The standard InChI is InChI=1S/C19H18N4S/c1-13-10-17(24-12-13)18-16-4-2-3-9-21-19(16)23(22-18)15-7-5-14(11-20)6-8-15/h5-8,10,12,21H,2-4,9H2,1H3. The van der Waals surface area contributed by atoms with Gasteiger partial charge in [-0.05, 0) is 67.5 Å². The fraction of sp³-hybridized carbons (Fsp3) is 0.263. The maximum Gasteiger partial charge on any atom is 0.133 e. The normalized spacial score (nSPS) is 13.7. The predicted molar refractivity (Wildman–Crippen MR) is 97.8 cm³/mol. The van der Waals surface area contributed by atoms with E-state index < -0.39 is 0 Å². The van der Waals surface area contributed by atoms with Crippen molar-refractivity contribution < 1.29 is 0 Å². The van der Waals surface area contributed by atoms with Gasteiger partial charge >= 0.3 is 0 Å². The molecule has 120 valence electrons. The topological polar surface area (TPSA) is 53.6 Å². The molecule has 24 heavy (non-hydrogen) atoms. The summed E-state index contributed by atoms with van der Waals surface area (Å²) in [6, 6.07) is 12.0. The molecule has 1 aliphatic heterocycles. The maximum absolute atomic E-state index is 9.00. The lowest BCUT2D eigenvalue weighted by atomic mass is 10.1. The van der Waals surface area contributed by atoms with E-state index in [1.54, 1.807) is 11.3 Å². The van der Waals surface area contributed by atoms with Gasteiger partial charge in [-0.25, -0.2) is 4.68 Å². The Kier molecular flexibility index (Phi) is 3.83. The molecule has 0 bridgehead atoms. The summed E-state index contributed by atoms with van der Waals surface area (Å²) in [4.78, 5) is 1.22. The first kappa shape index (κ1) is 15.0. The number of nitriles is 1. The SMILES string of the molecule is Cc1csc(-c2nn(-c3ccc(C#N)cc3)c3c2CCCCN3)c1. The Hall–Kier alpha value is -2.58. The lowest BCUT2D eigenvalue weighted by Gasteiger charge is -2.09. The van der Waals surface area contributed by atoms with Crippen LogP contribution < -0.4 is 5.32 Å². The Balaban J connectivity index is 1.87. The van der Waals surface area contributed by atoms with Crippen molar-refractivity contribution in [2.45, 2.75) is 26.2 Å². The van der Waals surface area contributed by atoms with Crippen molar-refractivity contribution >= 4 is 17.2 Å². The Bertz CT molecular complexity index is 912. The van der Waals surface area contributed by atoms with E-state index in [2.05, 4.69) is 29.8 Å². The Morgan fingerprint density at radius 1 is 1.25 bits per heavy atom. The first-order chi connectivity index (χ1) is 11.8. The highest BCUT2D eigenvalue weighted by atomic mass is 32.1. The first-order valence-corrected chi connectivity index (χ1v) is 9.06. The van der Waals surface area contributed by atoms with Gasteiger partial charge in [0.15, 0.2) is 0 Å². The van der Waals surface area contributed by atoms with Gasteiger partial charge in [0.25, 0.3) is 0 Å². The van der Waals surface area contributed by atoms with Gasteiger partial charge in [-0.2, -0.15) is 10.4 Å². The van der Waals surface area contributed by atoms with Gasteiger partial charge < -0.3 is 5.32 Å². The second-order valence-corrected chi connectivity index (χ2v) is 7.03. The lowest BCUT2D eigenvalue weighted by Crippen LogP contribution is -2.07. The van der Waals surface area contributed by atoms with E-state index in [0.29, 0.717) is 5.56 Å². The Morgan fingerprint density at radius 2 is 2.08 bits per heavy atom.